The van der Waals surface area contributed by atoms with Crippen LogP contribution in [-0.2, 0) is 0 Å². The van der Waals surface area contributed by atoms with Crippen molar-refractivity contribution in [3.63, 3.8) is 0 Å². The number of nitrogen functional groups attached to an aromatic ring is 1. The van der Waals surface area contributed by atoms with Gasteiger partial charge in [0.05, 0.1) is 11.7 Å². The standard InChI is InChI=1S/C7H6BrNO2/c8-5-3-1-2-4(6(5)9)7(10)11/h1-3H,9H2,(H,10,11)/p-1. The number of carbonyl (C=O) groups excluding carboxylic acids is 1. The van der Waals surface area contributed by atoms with Crippen LogP contribution < -0.4 is 10.8 Å². The largest absolute Gasteiger partial charge is 0.545 e. The summed E-state index contributed by atoms with van der Waals surface area (Å²) in [6.07, 6.45) is 0. The lowest BCUT2D eigenvalue weighted by atomic mass is 10.2. The Morgan fingerprint density at radius 2 is 2.18 bits per heavy atom. The van der Waals surface area contributed by atoms with E-state index in [4.69, 9.17) is 5.73 Å². The smallest absolute Gasteiger partial charge is 0.0736 e. The molecule has 0 bridgehead atoms. The molecule has 0 aliphatic carbocycles. The third kappa shape index (κ3) is 1.51. The van der Waals surface area contributed by atoms with Gasteiger partial charge in [-0.3, -0.25) is 0 Å². The van der Waals surface area contributed by atoms with Crippen LogP contribution in [0.4, 0.5) is 5.69 Å². The molecule has 0 amide bonds. The van der Waals surface area contributed by atoms with Crippen LogP contribution in [0, 0.1) is 0 Å². The van der Waals surface area contributed by atoms with Crippen LogP contribution in [0.1, 0.15) is 10.4 Å². The molecule has 1 rings (SSSR count). The molecule has 0 saturated carbocycles. The third-order valence-corrected chi connectivity index (χ3v) is 1.96. The Morgan fingerprint density at radius 3 is 2.64 bits per heavy atom. The monoisotopic (exact) mass is 214 g/mol. The van der Waals surface area contributed by atoms with E-state index in [9.17, 15) is 9.90 Å². The molecule has 1 aromatic carbocycles. The SMILES string of the molecule is Nc1c(Br)cccc1C(=O)[O-]. The minimum absolute atomic E-state index is 0.0133. The predicted octanol–water partition coefficient (Wildman–Crippen LogP) is 0.395. The van der Waals surface area contributed by atoms with Gasteiger partial charge in [-0.15, -0.1) is 0 Å². The summed E-state index contributed by atoms with van der Waals surface area (Å²) in [5, 5.41) is 10.4. The van der Waals surface area contributed by atoms with Crippen LogP contribution in [0.3, 0.4) is 0 Å². The van der Waals surface area contributed by atoms with Gasteiger partial charge in [0.15, 0.2) is 0 Å². The van der Waals surface area contributed by atoms with Crippen molar-refractivity contribution in [2.75, 3.05) is 5.73 Å². The number of hydrogen-bond acceptors (Lipinski definition) is 3. The number of carboxylic acids is 1. The van der Waals surface area contributed by atoms with Crippen molar-refractivity contribution < 1.29 is 9.90 Å². The van der Waals surface area contributed by atoms with E-state index in [0.717, 1.165) is 0 Å². The molecule has 0 radical (unpaired) electrons. The maximum absolute atomic E-state index is 10.4. The van der Waals surface area contributed by atoms with Crippen LogP contribution in [0.25, 0.3) is 0 Å². The van der Waals surface area contributed by atoms with Crippen molar-refractivity contribution in [3.8, 4) is 0 Å². The van der Waals surface area contributed by atoms with Gasteiger partial charge in [-0.1, -0.05) is 12.1 Å². The molecule has 58 valence electrons. The minimum Gasteiger partial charge on any atom is -0.545 e. The molecule has 0 aliphatic rings. The molecule has 11 heavy (non-hydrogen) atoms. The summed E-state index contributed by atoms with van der Waals surface area (Å²) in [7, 11) is 0. The number of nitrogens with two attached hydrogens (primary N) is 1. The zero-order valence-electron chi connectivity index (χ0n) is 5.50. The molecule has 0 fully saturated rings. The van der Waals surface area contributed by atoms with Crippen LogP contribution in [-0.4, -0.2) is 5.97 Å². The summed E-state index contributed by atoms with van der Waals surface area (Å²) in [6.45, 7) is 0. The Kier molecular flexibility index (Phi) is 2.14. The van der Waals surface area contributed by atoms with E-state index in [2.05, 4.69) is 15.9 Å². The Hall–Kier alpha value is -1.03. The molecular formula is C7H5BrNO2-. The van der Waals surface area contributed by atoms with Crippen molar-refractivity contribution in [2.45, 2.75) is 0 Å². The second-order valence-electron chi connectivity index (χ2n) is 1.99. The topological polar surface area (TPSA) is 66.2 Å². The van der Waals surface area contributed by atoms with Crippen LogP contribution in [0.15, 0.2) is 22.7 Å². The number of carboxylic acid groups (broad SMARTS) is 1. The zero-order valence-corrected chi connectivity index (χ0v) is 7.09. The van der Waals surface area contributed by atoms with Gasteiger partial charge in [-0.05, 0) is 22.0 Å². The molecule has 1 aromatic rings. The zero-order chi connectivity index (χ0) is 8.43. The minimum atomic E-state index is -1.26. The number of halogens is 1. The van der Waals surface area contributed by atoms with Gasteiger partial charge in [0.2, 0.25) is 0 Å². The Morgan fingerprint density at radius 1 is 1.55 bits per heavy atom. The number of aromatic carboxylic acids is 1. The van der Waals surface area contributed by atoms with Gasteiger partial charge >= 0.3 is 0 Å². The van der Waals surface area contributed by atoms with Crippen LogP contribution in [0.2, 0.25) is 0 Å². The molecule has 0 aliphatic heterocycles. The molecule has 4 heteroatoms. The van der Waals surface area contributed by atoms with E-state index in [1.165, 1.54) is 6.07 Å². The lowest BCUT2D eigenvalue weighted by molar-refractivity contribution is -0.254. The first kappa shape index (κ1) is 8.07. The summed E-state index contributed by atoms with van der Waals surface area (Å²) in [5.74, 6) is -1.26. The molecule has 0 aromatic heterocycles. The molecule has 0 spiro atoms. The van der Waals surface area contributed by atoms with Crippen molar-refractivity contribution >= 4 is 27.6 Å². The summed E-state index contributed by atoms with van der Waals surface area (Å²) < 4.78 is 0.569. The number of hydrogen-bond donors (Lipinski definition) is 1. The summed E-state index contributed by atoms with van der Waals surface area (Å²) in [4.78, 5) is 10.4. The van der Waals surface area contributed by atoms with Crippen LogP contribution >= 0.6 is 15.9 Å². The normalized spacial score (nSPS) is 9.55. The van der Waals surface area contributed by atoms with Gasteiger partial charge in [-0.25, -0.2) is 0 Å². The van der Waals surface area contributed by atoms with E-state index in [-0.39, 0.29) is 11.3 Å². The molecule has 2 N–H and O–H groups in total. The Balaban J connectivity index is 3.27. The number of para-hydroxylation sites is 1. The first-order chi connectivity index (χ1) is 5.13. The van der Waals surface area contributed by atoms with E-state index < -0.39 is 5.97 Å². The average molecular weight is 215 g/mol. The molecule has 3 nitrogen and oxygen atoms in total. The fourth-order valence-electron chi connectivity index (χ4n) is 0.715. The first-order valence-electron chi connectivity index (χ1n) is 2.88. The fraction of sp³-hybridized carbons (Fsp3) is 0. The van der Waals surface area contributed by atoms with E-state index >= 15 is 0 Å². The van der Waals surface area contributed by atoms with E-state index in [1.807, 2.05) is 0 Å². The van der Waals surface area contributed by atoms with E-state index in [0.29, 0.717) is 4.47 Å². The molecule has 0 atom stereocenters. The lowest BCUT2D eigenvalue weighted by Gasteiger charge is -2.06. The number of benzene rings is 1. The van der Waals surface area contributed by atoms with E-state index in [1.54, 1.807) is 12.1 Å². The summed E-state index contributed by atoms with van der Waals surface area (Å²) in [5.41, 5.74) is 5.63. The van der Waals surface area contributed by atoms with Gasteiger partial charge in [0.25, 0.3) is 0 Å². The maximum atomic E-state index is 10.4. The van der Waals surface area contributed by atoms with Crippen molar-refractivity contribution in [1.82, 2.24) is 0 Å². The maximum Gasteiger partial charge on any atom is 0.0736 e. The quantitative estimate of drug-likeness (QED) is 0.689. The molecule has 0 unspecified atom stereocenters. The molecule has 0 heterocycles. The highest BCUT2D eigenvalue weighted by Gasteiger charge is 2.01. The lowest BCUT2D eigenvalue weighted by Crippen LogP contribution is -2.23. The van der Waals surface area contributed by atoms with Crippen molar-refractivity contribution in [1.29, 1.82) is 0 Å². The van der Waals surface area contributed by atoms with Gasteiger partial charge in [-0.2, -0.15) is 0 Å². The number of anilines is 1. The fourth-order valence-corrected chi connectivity index (χ4v) is 1.08. The van der Waals surface area contributed by atoms with Crippen molar-refractivity contribution in [3.05, 3.63) is 28.2 Å². The van der Waals surface area contributed by atoms with Gasteiger partial charge < -0.3 is 15.6 Å². The predicted molar refractivity (Wildman–Crippen MR) is 42.9 cm³/mol. The average Bonchev–Trinajstić information content (AvgIpc) is 1.94. The van der Waals surface area contributed by atoms with Crippen molar-refractivity contribution in [2.24, 2.45) is 0 Å². The number of carbonyl (C=O) groups is 1. The molecular weight excluding hydrogens is 210 g/mol. The summed E-state index contributed by atoms with van der Waals surface area (Å²) in [6, 6.07) is 4.66. The van der Waals surface area contributed by atoms with Crippen LogP contribution in [0.5, 0.6) is 0 Å². The second kappa shape index (κ2) is 2.92. The summed E-state index contributed by atoms with van der Waals surface area (Å²) >= 11 is 3.10. The number of rotatable bonds is 1. The first-order valence-corrected chi connectivity index (χ1v) is 3.67. The highest BCUT2D eigenvalue weighted by atomic mass is 79.9. The van der Waals surface area contributed by atoms with Gasteiger partial charge in [0.1, 0.15) is 0 Å². The molecule has 0 saturated heterocycles. The Labute approximate surface area is 72.0 Å². The highest BCUT2D eigenvalue weighted by molar-refractivity contribution is 9.10. The highest BCUT2D eigenvalue weighted by Crippen LogP contribution is 2.21. The van der Waals surface area contributed by atoms with Gasteiger partial charge in [0, 0.05) is 10.0 Å². The third-order valence-electron chi connectivity index (χ3n) is 1.27. The second-order valence-corrected chi connectivity index (χ2v) is 2.84. The Bertz CT molecular complexity index is 298.